The van der Waals surface area contributed by atoms with Crippen molar-refractivity contribution in [2.45, 2.75) is 6.54 Å². The van der Waals surface area contributed by atoms with E-state index in [0.29, 0.717) is 12.1 Å². The molecule has 19 heavy (non-hydrogen) atoms. The van der Waals surface area contributed by atoms with Gasteiger partial charge in [-0.05, 0) is 35.7 Å². The van der Waals surface area contributed by atoms with Crippen LogP contribution in [0, 0.1) is 5.82 Å². The molecule has 0 unspecified atom stereocenters. The smallest absolute Gasteiger partial charge is 0.244 e. The normalized spacial score (nSPS) is 10.8. The van der Waals surface area contributed by atoms with Gasteiger partial charge in [-0.3, -0.25) is 4.79 Å². The maximum Gasteiger partial charge on any atom is 0.244 e. The van der Waals surface area contributed by atoms with Gasteiger partial charge >= 0.3 is 0 Å². The summed E-state index contributed by atoms with van der Waals surface area (Å²) in [5, 5.41) is 4.69. The van der Waals surface area contributed by atoms with Crippen LogP contribution in [0.1, 0.15) is 10.4 Å². The molecule has 0 fully saturated rings. The Labute approximate surface area is 123 Å². The van der Waals surface area contributed by atoms with Crippen LogP contribution in [-0.4, -0.2) is 5.91 Å². The van der Waals surface area contributed by atoms with E-state index in [1.165, 1.54) is 18.2 Å². The van der Waals surface area contributed by atoms with E-state index in [2.05, 4.69) is 21.2 Å². The van der Waals surface area contributed by atoms with Gasteiger partial charge in [0.1, 0.15) is 5.82 Å². The lowest BCUT2D eigenvalue weighted by atomic mass is 10.2. The van der Waals surface area contributed by atoms with Crippen molar-refractivity contribution in [1.29, 1.82) is 0 Å². The van der Waals surface area contributed by atoms with Crippen LogP contribution in [0.2, 0.25) is 0 Å². The number of thiophene rings is 1. The number of carbonyl (C=O) groups is 1. The molecule has 2 rings (SSSR count). The van der Waals surface area contributed by atoms with Crippen molar-refractivity contribution in [2.75, 3.05) is 0 Å². The predicted molar refractivity (Wildman–Crippen MR) is 79.3 cm³/mol. The highest BCUT2D eigenvalue weighted by atomic mass is 79.9. The Hall–Kier alpha value is -1.46. The Morgan fingerprint density at radius 3 is 3.00 bits per heavy atom. The summed E-state index contributed by atoms with van der Waals surface area (Å²) in [6.45, 7) is 0.488. The minimum atomic E-state index is -0.356. The fourth-order valence-electron chi connectivity index (χ4n) is 1.45. The highest BCUT2D eigenvalue weighted by molar-refractivity contribution is 9.10. The van der Waals surface area contributed by atoms with Crippen LogP contribution in [0.15, 0.2) is 46.3 Å². The van der Waals surface area contributed by atoms with Gasteiger partial charge in [0.15, 0.2) is 0 Å². The van der Waals surface area contributed by atoms with Crippen LogP contribution in [0.3, 0.4) is 0 Å². The molecule has 1 aromatic carbocycles. The molecule has 0 spiro atoms. The first-order chi connectivity index (χ1) is 9.15. The van der Waals surface area contributed by atoms with E-state index in [0.717, 1.165) is 9.35 Å². The number of halogens is 2. The Balaban J connectivity index is 1.94. The van der Waals surface area contributed by atoms with Crippen LogP contribution in [0.25, 0.3) is 6.08 Å². The third kappa shape index (κ3) is 4.29. The molecule has 1 aromatic heterocycles. The van der Waals surface area contributed by atoms with Crippen LogP contribution in [0.4, 0.5) is 4.39 Å². The van der Waals surface area contributed by atoms with Gasteiger partial charge in [-0.15, -0.1) is 11.3 Å². The number of nitrogens with one attached hydrogen (secondary N) is 1. The van der Waals surface area contributed by atoms with Crippen molar-refractivity contribution in [3.8, 4) is 0 Å². The lowest BCUT2D eigenvalue weighted by molar-refractivity contribution is -0.116. The number of hydrogen-bond acceptors (Lipinski definition) is 2. The number of amides is 1. The summed E-state index contributed by atoms with van der Waals surface area (Å²) in [5.74, 6) is -0.599. The molecule has 0 saturated carbocycles. The van der Waals surface area contributed by atoms with Crippen LogP contribution in [0.5, 0.6) is 0 Å². The SMILES string of the molecule is O=C(C=Cc1cc(Br)ccc1F)NCc1cccs1. The molecule has 0 aliphatic heterocycles. The Morgan fingerprint density at radius 2 is 2.26 bits per heavy atom. The average Bonchev–Trinajstić information content (AvgIpc) is 2.90. The van der Waals surface area contributed by atoms with Gasteiger partial charge in [-0.2, -0.15) is 0 Å². The van der Waals surface area contributed by atoms with E-state index < -0.39 is 0 Å². The zero-order chi connectivity index (χ0) is 13.7. The number of benzene rings is 1. The van der Waals surface area contributed by atoms with Crippen molar-refractivity contribution >= 4 is 39.2 Å². The van der Waals surface area contributed by atoms with Gasteiger partial charge in [0.05, 0.1) is 6.54 Å². The average molecular weight is 340 g/mol. The molecule has 0 saturated heterocycles. The second-order valence-electron chi connectivity index (χ2n) is 3.80. The molecule has 1 amide bonds. The lowest BCUT2D eigenvalue weighted by Gasteiger charge is -2.00. The second kappa shape index (κ2) is 6.63. The molecular formula is C14H11BrFNOS. The molecule has 2 nitrogen and oxygen atoms in total. The summed E-state index contributed by atoms with van der Waals surface area (Å²) < 4.78 is 14.2. The van der Waals surface area contributed by atoms with E-state index in [4.69, 9.17) is 0 Å². The summed E-state index contributed by atoms with van der Waals surface area (Å²) in [6, 6.07) is 8.47. The van der Waals surface area contributed by atoms with Crippen LogP contribution < -0.4 is 5.32 Å². The zero-order valence-electron chi connectivity index (χ0n) is 9.90. The minimum Gasteiger partial charge on any atom is -0.348 e. The molecule has 0 atom stereocenters. The largest absolute Gasteiger partial charge is 0.348 e. The molecule has 0 radical (unpaired) electrons. The first kappa shape index (κ1) is 14.0. The molecule has 0 aliphatic rings. The zero-order valence-corrected chi connectivity index (χ0v) is 12.3. The van der Waals surface area contributed by atoms with Gasteiger partial charge in [-0.1, -0.05) is 22.0 Å². The summed E-state index contributed by atoms with van der Waals surface area (Å²) in [6.07, 6.45) is 2.79. The molecule has 1 heterocycles. The number of rotatable bonds is 4. The van der Waals surface area contributed by atoms with Crippen molar-refractivity contribution in [1.82, 2.24) is 5.32 Å². The van der Waals surface area contributed by atoms with E-state index in [1.807, 2.05) is 17.5 Å². The third-order valence-corrected chi connectivity index (χ3v) is 3.76. The Kier molecular flexibility index (Phi) is 4.87. The summed E-state index contributed by atoms with van der Waals surface area (Å²) >= 11 is 4.84. The van der Waals surface area contributed by atoms with Gasteiger partial charge in [0, 0.05) is 21.0 Å². The molecule has 2 aromatic rings. The minimum absolute atomic E-state index is 0.243. The van der Waals surface area contributed by atoms with E-state index >= 15 is 0 Å². The molecule has 0 aliphatic carbocycles. The summed E-state index contributed by atoms with van der Waals surface area (Å²) in [5.41, 5.74) is 0.376. The van der Waals surface area contributed by atoms with Gasteiger partial charge < -0.3 is 5.32 Å². The summed E-state index contributed by atoms with van der Waals surface area (Å²) in [4.78, 5) is 12.7. The molecule has 0 bridgehead atoms. The highest BCUT2D eigenvalue weighted by Gasteiger charge is 2.01. The standard InChI is InChI=1S/C14H11BrFNOS/c15-11-4-5-13(16)10(8-11)3-6-14(18)17-9-12-2-1-7-19-12/h1-8H,9H2,(H,17,18). The third-order valence-electron chi connectivity index (χ3n) is 2.39. The van der Waals surface area contributed by atoms with Gasteiger partial charge in [-0.25, -0.2) is 4.39 Å². The summed E-state index contributed by atoms with van der Waals surface area (Å²) in [7, 11) is 0. The van der Waals surface area contributed by atoms with Crippen LogP contribution >= 0.6 is 27.3 Å². The molecule has 1 N–H and O–H groups in total. The van der Waals surface area contributed by atoms with E-state index in [1.54, 1.807) is 23.5 Å². The first-order valence-electron chi connectivity index (χ1n) is 5.58. The van der Waals surface area contributed by atoms with Crippen LogP contribution in [-0.2, 0) is 11.3 Å². The maximum atomic E-state index is 13.4. The van der Waals surface area contributed by atoms with Crippen molar-refractivity contribution < 1.29 is 9.18 Å². The lowest BCUT2D eigenvalue weighted by Crippen LogP contribution is -2.19. The predicted octanol–water partition coefficient (Wildman–Crippen LogP) is 3.98. The number of carbonyl (C=O) groups excluding carboxylic acids is 1. The van der Waals surface area contributed by atoms with Gasteiger partial charge in [0.2, 0.25) is 5.91 Å². The Morgan fingerprint density at radius 1 is 1.42 bits per heavy atom. The maximum absolute atomic E-state index is 13.4. The fraction of sp³-hybridized carbons (Fsp3) is 0.0714. The van der Waals surface area contributed by atoms with Crippen molar-refractivity contribution in [3.05, 3.63) is 62.5 Å². The number of hydrogen-bond donors (Lipinski definition) is 1. The second-order valence-corrected chi connectivity index (χ2v) is 5.74. The van der Waals surface area contributed by atoms with Gasteiger partial charge in [0.25, 0.3) is 0 Å². The monoisotopic (exact) mass is 339 g/mol. The van der Waals surface area contributed by atoms with Crippen molar-refractivity contribution in [3.63, 3.8) is 0 Å². The van der Waals surface area contributed by atoms with E-state index in [-0.39, 0.29) is 11.7 Å². The first-order valence-corrected chi connectivity index (χ1v) is 7.26. The fourth-order valence-corrected chi connectivity index (χ4v) is 2.48. The van der Waals surface area contributed by atoms with E-state index in [9.17, 15) is 9.18 Å². The quantitative estimate of drug-likeness (QED) is 0.838. The molecule has 5 heteroatoms. The molecular weight excluding hydrogens is 329 g/mol. The Bertz CT molecular complexity index is 595. The topological polar surface area (TPSA) is 29.1 Å². The molecule has 98 valence electrons. The van der Waals surface area contributed by atoms with Crippen molar-refractivity contribution in [2.24, 2.45) is 0 Å². The highest BCUT2D eigenvalue weighted by Crippen LogP contribution is 2.16.